The van der Waals surface area contributed by atoms with Crippen molar-refractivity contribution in [2.75, 3.05) is 56.5 Å². The highest BCUT2D eigenvalue weighted by Gasteiger charge is 2.34. The van der Waals surface area contributed by atoms with Gasteiger partial charge in [0.1, 0.15) is 34.9 Å². The number of aromatic nitrogens is 8. The Morgan fingerprint density at radius 1 is 0.652 bits per heavy atom. The number of carbonyl (C=O) groups excluding carboxylic acids is 4. The Bertz CT molecular complexity index is 2240. The lowest BCUT2D eigenvalue weighted by Gasteiger charge is -2.19. The molecule has 0 spiro atoms. The number of nitrogens with one attached hydrogen (secondary N) is 4. The summed E-state index contributed by atoms with van der Waals surface area (Å²) in [7, 11) is 0. The number of anilines is 2. The maximum absolute atomic E-state index is 12.5. The zero-order valence-corrected chi connectivity index (χ0v) is 39.0. The van der Waals surface area contributed by atoms with E-state index in [9.17, 15) is 19.2 Å². The smallest absolute Gasteiger partial charge is 0.407 e. The van der Waals surface area contributed by atoms with Crippen LogP contribution in [0.25, 0.3) is 22.3 Å². The fourth-order valence-corrected chi connectivity index (χ4v) is 6.09. The average Bonchev–Trinajstić information content (AvgIpc) is 3.94. The van der Waals surface area contributed by atoms with Crippen LogP contribution in [-0.2, 0) is 22.6 Å². The van der Waals surface area contributed by atoms with Crippen molar-refractivity contribution < 1.29 is 39.2 Å². The second kappa shape index (κ2) is 27.7. The number of nitrogens with zero attached hydrogens (tertiary/aromatic N) is 9. The third-order valence-electron chi connectivity index (χ3n) is 8.74. The van der Waals surface area contributed by atoms with E-state index >= 15 is 0 Å². The van der Waals surface area contributed by atoms with Crippen molar-refractivity contribution in [1.82, 2.24) is 54.6 Å². The van der Waals surface area contributed by atoms with Crippen LogP contribution in [-0.4, -0.2) is 136 Å². The normalized spacial score (nSPS) is 11.8. The van der Waals surface area contributed by atoms with Crippen LogP contribution in [0.15, 0.2) is 49.6 Å². The summed E-state index contributed by atoms with van der Waals surface area (Å²) in [6.07, 6.45) is 8.87. The van der Waals surface area contributed by atoms with E-state index in [4.69, 9.17) is 20.3 Å². The first-order chi connectivity index (χ1) is 31.1. The van der Waals surface area contributed by atoms with E-state index in [1.54, 1.807) is 43.8 Å². The van der Waals surface area contributed by atoms with Gasteiger partial charge in [0.25, 0.3) is 11.8 Å². The lowest BCUT2D eigenvalue weighted by molar-refractivity contribution is 0.0518. The Hall–Kier alpha value is -6.60. The molecule has 1 aliphatic rings. The van der Waals surface area contributed by atoms with Crippen molar-refractivity contribution in [1.29, 1.82) is 0 Å². The van der Waals surface area contributed by atoms with Gasteiger partial charge >= 0.3 is 12.2 Å². The van der Waals surface area contributed by atoms with E-state index < -0.39 is 23.4 Å². The van der Waals surface area contributed by atoms with Gasteiger partial charge in [0.05, 0.1) is 23.8 Å². The molecular weight excluding hydrogens is 857 g/mol. The monoisotopic (exact) mass is 925 g/mol. The molecule has 364 valence electrons. The number of carbonyl (C=O) groups is 4. The van der Waals surface area contributed by atoms with Gasteiger partial charge in [-0.05, 0) is 92.8 Å². The van der Waals surface area contributed by atoms with E-state index in [0.29, 0.717) is 91.7 Å². The van der Waals surface area contributed by atoms with Gasteiger partial charge in [0.2, 0.25) is 0 Å². The first-order valence-electron chi connectivity index (χ1n) is 21.4. The van der Waals surface area contributed by atoms with Gasteiger partial charge in [0, 0.05) is 52.4 Å². The fourth-order valence-electron chi connectivity index (χ4n) is 6.09. The van der Waals surface area contributed by atoms with E-state index in [-0.39, 0.29) is 23.9 Å². The number of hydrogen-bond donors (Lipinski definition) is 8. The predicted octanol–water partition coefficient (Wildman–Crippen LogP) is 2.33. The number of aliphatic hydroxyl groups excluding tert-OH is 1. The number of hydrogen-bond acceptors (Lipinski definition) is 18. The largest absolute Gasteiger partial charge is 0.444 e. The Morgan fingerprint density at radius 3 is 1.44 bits per heavy atom. The maximum atomic E-state index is 12.5. The highest BCUT2D eigenvalue weighted by molar-refractivity contribution is 6.21. The van der Waals surface area contributed by atoms with Crippen molar-refractivity contribution in [3.63, 3.8) is 0 Å². The lowest BCUT2D eigenvalue weighted by Crippen LogP contribution is -2.35. The van der Waals surface area contributed by atoms with Crippen LogP contribution in [0, 0.1) is 0 Å². The van der Waals surface area contributed by atoms with Crippen LogP contribution in [0.1, 0.15) is 94.9 Å². The molecule has 0 bridgehead atoms. The van der Waals surface area contributed by atoms with Gasteiger partial charge in [-0.15, -0.1) is 0 Å². The van der Waals surface area contributed by atoms with E-state index in [1.807, 2.05) is 50.7 Å². The fraction of sp³-hybridized carbons (Fsp3) is 0.524. The van der Waals surface area contributed by atoms with Crippen LogP contribution in [0.5, 0.6) is 0 Å². The molecule has 0 aliphatic carbocycles. The second-order valence-electron chi connectivity index (χ2n) is 16.2. The Labute approximate surface area is 384 Å². The number of imide groups is 1. The number of fused-ring (bicyclic) bond motifs is 3. The molecule has 66 heavy (non-hydrogen) atoms. The van der Waals surface area contributed by atoms with Gasteiger partial charge in [-0.25, -0.2) is 39.5 Å². The lowest BCUT2D eigenvalue weighted by atomic mass is 10.1. The van der Waals surface area contributed by atoms with Crippen LogP contribution in [0.2, 0.25) is 0 Å². The second-order valence-corrected chi connectivity index (χ2v) is 16.2. The standard InChI is InChI=1S/C24H29N7O4.C16H27N7O2.C2H6O.H4N2.H2O/c1-24(2,3)35-23(34)26-11-10-25-19-18-20(28-14-27-19)30(15-29-18)12-6-7-13-31-21(32)16-8-4-5-9-17(16)22(31)33;1-16(2,3)25-15(24)19-8-7-18-13-12-14(21-10-20-13)23(11-22-12)9-5-4-6-17;1-2-3;1-2;/h4-5,8-9,14-15H,6-7,10-13H2,1-3H3,(H,26,34)(H,25,27,28);10-11H,4-9,17H2,1-3H3,(H,19,24)(H,18,20,21);3H,2H2,1H3;1-2H2;1H2. The third kappa shape index (κ3) is 17.4. The van der Waals surface area contributed by atoms with Crippen LogP contribution >= 0.6 is 0 Å². The number of aliphatic hydroxyl groups is 1. The zero-order valence-electron chi connectivity index (χ0n) is 39.0. The summed E-state index contributed by atoms with van der Waals surface area (Å²) in [6, 6.07) is 6.90. The minimum atomic E-state index is -0.548. The van der Waals surface area contributed by atoms with E-state index in [0.717, 1.165) is 31.5 Å². The summed E-state index contributed by atoms with van der Waals surface area (Å²) in [5, 5.41) is 19.3. The molecule has 1 aliphatic heterocycles. The molecule has 5 aromatic rings. The molecule has 5 heterocycles. The van der Waals surface area contributed by atoms with Crippen molar-refractivity contribution in [2.24, 2.45) is 17.4 Å². The number of amides is 4. The highest BCUT2D eigenvalue weighted by Crippen LogP contribution is 2.23. The first-order valence-corrected chi connectivity index (χ1v) is 21.4. The number of alkyl carbamates (subject to hydrolysis) is 2. The SMILES string of the molecule is CC(C)(C)OC(=O)NCCNc1ncnc2c1ncn2CCCCN.CC(C)(C)OC(=O)NCCNc1ncnc2c1ncn2CCCCN1C(=O)c2ccccc2C1=O.CCO.NN.O. The van der Waals surface area contributed by atoms with Crippen LogP contribution in [0.3, 0.4) is 0 Å². The summed E-state index contributed by atoms with van der Waals surface area (Å²) in [5.74, 6) is 8.76. The molecule has 4 aromatic heterocycles. The third-order valence-corrected chi connectivity index (χ3v) is 8.74. The molecule has 13 N–H and O–H groups in total. The molecule has 0 unspecified atom stereocenters. The zero-order chi connectivity index (χ0) is 48.0. The van der Waals surface area contributed by atoms with E-state index in [1.165, 1.54) is 17.6 Å². The minimum Gasteiger partial charge on any atom is -0.444 e. The van der Waals surface area contributed by atoms with E-state index in [2.05, 4.69) is 62.9 Å². The van der Waals surface area contributed by atoms with Crippen LogP contribution in [0.4, 0.5) is 21.2 Å². The molecule has 0 saturated heterocycles. The number of ether oxygens (including phenoxy) is 2. The number of aryl methyl sites for hydroxylation is 2. The highest BCUT2D eigenvalue weighted by atomic mass is 16.6. The van der Waals surface area contributed by atoms with Crippen molar-refractivity contribution in [2.45, 2.75) is 98.4 Å². The molecule has 4 amide bonds. The topological polar surface area (TPSA) is 355 Å². The minimum absolute atomic E-state index is 0. The van der Waals surface area contributed by atoms with Gasteiger partial charge in [-0.3, -0.25) is 26.2 Å². The maximum Gasteiger partial charge on any atom is 0.407 e. The molecule has 24 heteroatoms. The average molecular weight is 925 g/mol. The Balaban J connectivity index is 0.000000426. The predicted molar refractivity (Wildman–Crippen MR) is 250 cm³/mol. The molecule has 1 aromatic carbocycles. The Kier molecular flexibility index (Phi) is 23.3. The summed E-state index contributed by atoms with van der Waals surface area (Å²) >= 11 is 0. The number of imidazole rings is 2. The molecule has 24 nitrogen and oxygen atoms in total. The first kappa shape index (κ1) is 55.5. The van der Waals surface area contributed by atoms with Crippen molar-refractivity contribution >= 4 is 58.0 Å². The summed E-state index contributed by atoms with van der Waals surface area (Å²) in [6.45, 7) is 17.1. The molecule has 0 fully saturated rings. The van der Waals surface area contributed by atoms with Gasteiger partial charge in [-0.1, -0.05) is 12.1 Å². The van der Waals surface area contributed by atoms with Gasteiger partial charge < -0.3 is 56.2 Å². The number of hydrazine groups is 1. The molecule has 0 saturated carbocycles. The number of unbranched alkanes of at least 4 members (excludes halogenated alkanes) is 2. The molecular formula is C42H68N16O8. The Morgan fingerprint density at radius 2 is 1.05 bits per heavy atom. The molecule has 6 rings (SSSR count). The van der Waals surface area contributed by atoms with Crippen LogP contribution < -0.4 is 38.7 Å². The number of rotatable bonds is 17. The summed E-state index contributed by atoms with van der Waals surface area (Å²) in [4.78, 5) is 75.6. The van der Waals surface area contributed by atoms with Crippen molar-refractivity contribution in [3.8, 4) is 0 Å². The van der Waals surface area contributed by atoms with Gasteiger partial charge in [0.15, 0.2) is 22.9 Å². The number of benzene rings is 1. The molecule has 0 atom stereocenters. The number of nitrogens with two attached hydrogens (primary N) is 3. The molecule has 0 radical (unpaired) electrons. The summed E-state index contributed by atoms with van der Waals surface area (Å²) < 4.78 is 14.3. The summed E-state index contributed by atoms with van der Waals surface area (Å²) in [5.41, 5.74) is 8.23. The van der Waals surface area contributed by atoms with Crippen molar-refractivity contribution in [3.05, 3.63) is 60.7 Å². The quantitative estimate of drug-likeness (QED) is 0.0287. The van der Waals surface area contributed by atoms with Gasteiger partial charge in [-0.2, -0.15) is 0 Å².